The van der Waals surface area contributed by atoms with Crippen LogP contribution in [0.1, 0.15) is 36.2 Å². The number of nitrogens with zero attached hydrogens (tertiary/aromatic N) is 7. The molecule has 1 aliphatic rings. The van der Waals surface area contributed by atoms with Gasteiger partial charge in [-0.3, -0.25) is 4.68 Å². The minimum Gasteiger partial charge on any atom is -0.497 e. The van der Waals surface area contributed by atoms with Crippen LogP contribution in [-0.4, -0.2) is 88.7 Å². The molecule has 0 aliphatic carbocycles. The second-order valence-electron chi connectivity index (χ2n) is 12.1. The second kappa shape index (κ2) is 12.2. The number of methoxy groups -OCH3 is 3. The normalized spacial score (nSPS) is 16.5. The highest BCUT2D eigenvalue weighted by Gasteiger charge is 2.38. The lowest BCUT2D eigenvalue weighted by atomic mass is 10.1. The summed E-state index contributed by atoms with van der Waals surface area (Å²) in [7, 11) is 0.825. The number of hydrogen-bond acceptors (Lipinski definition) is 12. The van der Waals surface area contributed by atoms with E-state index in [2.05, 4.69) is 15.5 Å². The summed E-state index contributed by atoms with van der Waals surface area (Å²) in [5, 5.41) is 22.0. The van der Waals surface area contributed by atoms with Gasteiger partial charge in [-0.25, -0.2) is 22.8 Å². The Labute approximate surface area is 271 Å². The van der Waals surface area contributed by atoms with E-state index in [0.717, 1.165) is 11.3 Å². The van der Waals surface area contributed by atoms with E-state index in [4.69, 9.17) is 24.2 Å². The molecule has 0 radical (unpaired) electrons. The number of aryl methyl sites for hydroxylation is 1. The summed E-state index contributed by atoms with van der Waals surface area (Å²) in [6, 6.07) is 8.14. The molecule has 2 N–H and O–H groups in total. The second-order valence-corrected chi connectivity index (χ2v) is 14.4. The maximum atomic E-state index is 15.0. The van der Waals surface area contributed by atoms with Gasteiger partial charge in [0.25, 0.3) is 0 Å². The largest absolute Gasteiger partial charge is 0.497 e. The number of aliphatic hydroxyl groups is 1. The van der Waals surface area contributed by atoms with Gasteiger partial charge < -0.3 is 29.5 Å². The van der Waals surface area contributed by atoms with E-state index < -0.39 is 26.5 Å². The topological polar surface area (TPSA) is 158 Å². The highest BCUT2D eigenvalue weighted by molar-refractivity contribution is 7.91. The van der Waals surface area contributed by atoms with Crippen LogP contribution in [0, 0.1) is 12.7 Å². The fourth-order valence-corrected chi connectivity index (χ4v) is 7.33. The molecule has 1 atom stereocenters. The highest BCUT2D eigenvalue weighted by Crippen LogP contribution is 2.34. The molecule has 16 heteroatoms. The van der Waals surface area contributed by atoms with Crippen molar-refractivity contribution < 1.29 is 32.1 Å². The van der Waals surface area contributed by atoms with E-state index in [0.29, 0.717) is 28.1 Å². The smallest absolute Gasteiger partial charge is 0.226 e. The van der Waals surface area contributed by atoms with Crippen molar-refractivity contribution in [1.82, 2.24) is 29.4 Å². The van der Waals surface area contributed by atoms with Gasteiger partial charge in [0.2, 0.25) is 5.95 Å². The third kappa shape index (κ3) is 6.34. The Hall–Kier alpha value is -4.70. The first kappa shape index (κ1) is 32.2. The molecule has 1 fully saturated rings. The van der Waals surface area contributed by atoms with Crippen molar-refractivity contribution in [2.45, 2.75) is 44.7 Å². The molecule has 47 heavy (non-hydrogen) atoms. The summed E-state index contributed by atoms with van der Waals surface area (Å²) in [6.45, 7) is 6.10. The fourth-order valence-electron chi connectivity index (χ4n) is 5.75. The van der Waals surface area contributed by atoms with Crippen LogP contribution >= 0.6 is 0 Å². The minimum atomic E-state index is -3.67. The number of rotatable bonds is 10. The first-order chi connectivity index (χ1) is 22.3. The number of anilines is 2. The number of benzene rings is 2. The first-order valence-electron chi connectivity index (χ1n) is 14.9. The van der Waals surface area contributed by atoms with Crippen LogP contribution in [0.4, 0.5) is 16.0 Å². The molecule has 2 aromatic carbocycles. The molecule has 0 amide bonds. The number of fused-ring (bicyclic) bond motifs is 3. The number of ether oxygens (including phenoxy) is 3. The Bertz CT molecular complexity index is 2070. The summed E-state index contributed by atoms with van der Waals surface area (Å²) in [5.41, 5.74) is 1.89. The van der Waals surface area contributed by atoms with Crippen LogP contribution in [-0.2, 0) is 22.9 Å². The van der Waals surface area contributed by atoms with Crippen molar-refractivity contribution in [2.75, 3.05) is 50.4 Å². The number of sulfone groups is 1. The van der Waals surface area contributed by atoms with Crippen molar-refractivity contribution in [3.8, 4) is 17.2 Å². The lowest BCUT2D eigenvalue weighted by Gasteiger charge is -2.32. The van der Waals surface area contributed by atoms with Crippen LogP contribution < -0.4 is 24.4 Å². The maximum Gasteiger partial charge on any atom is 0.226 e. The Balaban J connectivity index is 1.41. The fraction of sp³-hybridized carbons (Fsp3) is 0.419. The van der Waals surface area contributed by atoms with E-state index in [1.54, 1.807) is 44.9 Å². The van der Waals surface area contributed by atoms with Gasteiger partial charge in [0.1, 0.15) is 16.7 Å². The molecule has 0 spiro atoms. The van der Waals surface area contributed by atoms with E-state index in [-0.39, 0.29) is 55.1 Å². The molecule has 14 nitrogen and oxygen atoms in total. The van der Waals surface area contributed by atoms with Gasteiger partial charge in [-0.2, -0.15) is 9.61 Å². The molecule has 1 saturated heterocycles. The first-order valence-corrected chi connectivity index (χ1v) is 16.6. The molecular formula is C31H37FN8O6S. The Morgan fingerprint density at radius 3 is 2.53 bits per heavy atom. The monoisotopic (exact) mass is 668 g/mol. The molecule has 1 aliphatic heterocycles. The van der Waals surface area contributed by atoms with Gasteiger partial charge in [0.15, 0.2) is 32.9 Å². The molecule has 4 heterocycles. The molecule has 250 valence electrons. The van der Waals surface area contributed by atoms with Crippen molar-refractivity contribution in [3.05, 3.63) is 59.4 Å². The Morgan fingerprint density at radius 2 is 1.83 bits per heavy atom. The van der Waals surface area contributed by atoms with Crippen LogP contribution in [0.3, 0.4) is 0 Å². The summed E-state index contributed by atoms with van der Waals surface area (Å²) in [5.74, 6) is 0.797. The molecule has 6 rings (SSSR count). The molecule has 1 unspecified atom stereocenters. The van der Waals surface area contributed by atoms with Gasteiger partial charge in [0, 0.05) is 48.9 Å². The number of halogens is 1. The summed E-state index contributed by atoms with van der Waals surface area (Å²) >= 11 is 0. The van der Waals surface area contributed by atoms with Gasteiger partial charge in [-0.15, -0.1) is 5.10 Å². The zero-order valence-corrected chi connectivity index (χ0v) is 27.8. The van der Waals surface area contributed by atoms with Crippen LogP contribution in [0.25, 0.3) is 16.6 Å². The van der Waals surface area contributed by atoms with E-state index in [1.165, 1.54) is 23.8 Å². The molecule has 5 aromatic rings. The summed E-state index contributed by atoms with van der Waals surface area (Å²) in [4.78, 5) is 11.3. The third-order valence-corrected chi connectivity index (χ3v) is 10.0. The van der Waals surface area contributed by atoms with Gasteiger partial charge in [-0.05, 0) is 39.0 Å². The molecular weight excluding hydrogens is 631 g/mol. The average molecular weight is 669 g/mol. The molecule has 0 bridgehead atoms. The number of hydrogen-bond donors (Lipinski definition) is 2. The number of nitrogens with one attached hydrogen (secondary N) is 1. The lowest BCUT2D eigenvalue weighted by molar-refractivity contribution is 0.0577. The molecule has 3 aromatic heterocycles. The number of aromatic nitrogens is 6. The van der Waals surface area contributed by atoms with Crippen molar-refractivity contribution in [1.29, 1.82) is 0 Å². The SMILES string of the molecule is COc1ccc(CNc2nc3cc(OC)c(F)cc3c3nc(C4CN(c5cn(CC(C)(C)O)nc5C)CCS4(=O)=O)nn23)c(OC)c1. The minimum absolute atomic E-state index is 0.00265. The Morgan fingerprint density at radius 1 is 1.06 bits per heavy atom. The lowest BCUT2D eigenvalue weighted by Crippen LogP contribution is -2.43. The maximum absolute atomic E-state index is 15.0. The van der Waals surface area contributed by atoms with Crippen molar-refractivity contribution in [2.24, 2.45) is 0 Å². The summed E-state index contributed by atoms with van der Waals surface area (Å²) < 4.78 is 61.1. The summed E-state index contributed by atoms with van der Waals surface area (Å²) in [6.07, 6.45) is 1.81. The predicted molar refractivity (Wildman–Crippen MR) is 174 cm³/mol. The van der Waals surface area contributed by atoms with Gasteiger partial charge in [-0.1, -0.05) is 0 Å². The molecule has 0 saturated carbocycles. The van der Waals surface area contributed by atoms with Crippen LogP contribution in [0.2, 0.25) is 0 Å². The standard InChI is InChI=1S/C31H37FN8O6S/c1-18-24(15-39(36-18)17-31(2,3)41)38-9-10-47(42,43)27(16-38)28-35-29-21-12-22(32)26(46-6)13-23(21)34-30(40(29)37-28)33-14-19-7-8-20(44-4)11-25(19)45-5/h7-8,11-13,15,27,41H,9-10,14,16-17H2,1-6H3,(H,33,34). The van der Waals surface area contributed by atoms with Gasteiger partial charge >= 0.3 is 0 Å². The quantitative estimate of drug-likeness (QED) is 0.224. The van der Waals surface area contributed by atoms with Crippen molar-refractivity contribution >= 4 is 38.0 Å². The van der Waals surface area contributed by atoms with Crippen molar-refractivity contribution in [3.63, 3.8) is 0 Å². The van der Waals surface area contributed by atoms with E-state index in [1.807, 2.05) is 24.1 Å². The third-order valence-electron chi connectivity index (χ3n) is 8.06. The zero-order chi connectivity index (χ0) is 33.7. The Kier molecular flexibility index (Phi) is 8.34. The zero-order valence-electron chi connectivity index (χ0n) is 27.0. The van der Waals surface area contributed by atoms with Gasteiger partial charge in [0.05, 0.1) is 56.1 Å². The van der Waals surface area contributed by atoms with Crippen LogP contribution in [0.5, 0.6) is 17.2 Å². The van der Waals surface area contributed by atoms with E-state index in [9.17, 15) is 17.9 Å². The van der Waals surface area contributed by atoms with E-state index >= 15 is 0 Å². The highest BCUT2D eigenvalue weighted by atomic mass is 32.2. The predicted octanol–water partition coefficient (Wildman–Crippen LogP) is 3.31. The average Bonchev–Trinajstić information content (AvgIpc) is 3.62. The van der Waals surface area contributed by atoms with Crippen LogP contribution in [0.15, 0.2) is 36.5 Å².